The van der Waals surface area contributed by atoms with E-state index < -0.39 is 5.97 Å². The number of rotatable bonds is 7. The highest BCUT2D eigenvalue weighted by Gasteiger charge is 2.19. The van der Waals surface area contributed by atoms with E-state index >= 15 is 0 Å². The first-order valence-corrected chi connectivity index (χ1v) is 5.10. The summed E-state index contributed by atoms with van der Waals surface area (Å²) in [5, 5.41) is 0. The van der Waals surface area contributed by atoms with Crippen molar-refractivity contribution in [3.8, 4) is 0 Å². The fourth-order valence-electron chi connectivity index (χ4n) is 0.980. The van der Waals surface area contributed by atoms with Crippen LogP contribution in [0.15, 0.2) is 11.8 Å². The molecule has 0 bridgehead atoms. The fraction of sp³-hybridized carbons (Fsp3) is 0.636. The highest BCUT2D eigenvalue weighted by atomic mass is 16.5. The fourth-order valence-corrected chi connectivity index (χ4v) is 0.980. The summed E-state index contributed by atoms with van der Waals surface area (Å²) in [6.07, 6.45) is 2.90. The molecule has 0 aromatic rings. The van der Waals surface area contributed by atoms with Gasteiger partial charge in [0.05, 0.1) is 13.7 Å². The zero-order chi connectivity index (χ0) is 11.7. The van der Waals surface area contributed by atoms with Crippen LogP contribution in [0.3, 0.4) is 0 Å². The number of carbonyl (C=O) groups is 2. The second kappa shape index (κ2) is 8.03. The van der Waals surface area contributed by atoms with Gasteiger partial charge in [-0.25, -0.2) is 4.79 Å². The third-order valence-electron chi connectivity index (χ3n) is 1.67. The first-order chi connectivity index (χ1) is 7.17. The topological polar surface area (TPSA) is 52.6 Å². The molecule has 0 aliphatic rings. The zero-order valence-corrected chi connectivity index (χ0v) is 9.54. The number of hydrogen-bond donors (Lipinski definition) is 0. The van der Waals surface area contributed by atoms with Crippen molar-refractivity contribution < 1.29 is 19.1 Å². The van der Waals surface area contributed by atoms with Crippen LogP contribution in [0.5, 0.6) is 0 Å². The highest BCUT2D eigenvalue weighted by Crippen LogP contribution is 2.06. The van der Waals surface area contributed by atoms with Crippen molar-refractivity contribution in [2.45, 2.75) is 33.1 Å². The van der Waals surface area contributed by atoms with E-state index in [0.29, 0.717) is 19.4 Å². The van der Waals surface area contributed by atoms with Crippen LogP contribution in [0.4, 0.5) is 0 Å². The molecule has 86 valence electrons. The highest BCUT2D eigenvalue weighted by molar-refractivity contribution is 6.17. The molecule has 0 saturated carbocycles. The summed E-state index contributed by atoms with van der Waals surface area (Å²) in [7, 11) is 1.40. The van der Waals surface area contributed by atoms with Crippen LogP contribution in [-0.2, 0) is 19.1 Å². The molecule has 0 aromatic carbocycles. The molecule has 0 aromatic heterocycles. The lowest BCUT2D eigenvalue weighted by molar-refractivity contribution is -0.140. The largest absolute Gasteiger partial charge is 0.503 e. The number of carbonyl (C=O) groups excluding carboxylic acids is 2. The van der Waals surface area contributed by atoms with Gasteiger partial charge < -0.3 is 9.47 Å². The molecule has 0 rings (SSSR count). The zero-order valence-electron chi connectivity index (χ0n) is 9.54. The summed E-state index contributed by atoms with van der Waals surface area (Å²) in [5.41, 5.74) is -0.00667. The van der Waals surface area contributed by atoms with Gasteiger partial charge in [-0.1, -0.05) is 13.8 Å². The summed E-state index contributed by atoms with van der Waals surface area (Å²) in [6.45, 7) is 4.08. The van der Waals surface area contributed by atoms with E-state index in [1.165, 1.54) is 7.11 Å². The van der Waals surface area contributed by atoms with Crippen LogP contribution >= 0.6 is 0 Å². The Morgan fingerprint density at radius 1 is 1.20 bits per heavy atom. The maximum Gasteiger partial charge on any atom is 0.344 e. The number of ether oxygens (including phenoxy) is 2. The van der Waals surface area contributed by atoms with Gasteiger partial charge >= 0.3 is 5.97 Å². The van der Waals surface area contributed by atoms with Crippen LogP contribution < -0.4 is 0 Å². The van der Waals surface area contributed by atoms with Gasteiger partial charge in [0.15, 0.2) is 5.78 Å². The van der Waals surface area contributed by atoms with Crippen molar-refractivity contribution in [1.29, 1.82) is 0 Å². The van der Waals surface area contributed by atoms with E-state index in [4.69, 9.17) is 4.74 Å². The molecule has 0 unspecified atom stereocenters. The van der Waals surface area contributed by atoms with Crippen LogP contribution in [0.2, 0.25) is 0 Å². The monoisotopic (exact) mass is 214 g/mol. The van der Waals surface area contributed by atoms with Crippen molar-refractivity contribution in [2.75, 3.05) is 13.7 Å². The van der Waals surface area contributed by atoms with Crippen molar-refractivity contribution >= 4 is 11.8 Å². The molecule has 0 spiro atoms. The van der Waals surface area contributed by atoms with Crippen LogP contribution in [0.25, 0.3) is 0 Å². The number of ketones is 1. The van der Waals surface area contributed by atoms with Crippen LogP contribution in [0, 0.1) is 0 Å². The van der Waals surface area contributed by atoms with Gasteiger partial charge in [-0.3, -0.25) is 4.79 Å². The molecule has 0 fully saturated rings. The summed E-state index contributed by atoms with van der Waals surface area (Å²) >= 11 is 0. The molecule has 0 saturated heterocycles. The Morgan fingerprint density at radius 2 is 1.87 bits per heavy atom. The minimum atomic E-state index is -0.600. The lowest BCUT2D eigenvalue weighted by Gasteiger charge is -2.05. The molecule has 0 aliphatic carbocycles. The minimum absolute atomic E-state index is 0.00667. The predicted molar refractivity (Wildman–Crippen MR) is 56.3 cm³/mol. The standard InChI is InChI=1S/C11H18O4/c1-4-6-10(12)9(8-14-3)11(13)15-7-5-2/h8H,4-7H2,1-3H3/b9-8+. The molecule has 0 atom stereocenters. The molecular weight excluding hydrogens is 196 g/mol. The average Bonchev–Trinajstić information content (AvgIpc) is 2.22. The van der Waals surface area contributed by atoms with Gasteiger partial charge in [-0.05, 0) is 12.8 Å². The maximum absolute atomic E-state index is 11.5. The Morgan fingerprint density at radius 3 is 2.33 bits per heavy atom. The molecule has 4 nitrogen and oxygen atoms in total. The van der Waals surface area contributed by atoms with Crippen LogP contribution in [-0.4, -0.2) is 25.5 Å². The lowest BCUT2D eigenvalue weighted by atomic mass is 10.1. The molecule has 0 N–H and O–H groups in total. The van der Waals surface area contributed by atoms with Gasteiger partial charge in [-0.15, -0.1) is 0 Å². The number of hydrogen-bond acceptors (Lipinski definition) is 4. The van der Waals surface area contributed by atoms with Gasteiger partial charge in [0.25, 0.3) is 0 Å². The minimum Gasteiger partial charge on any atom is -0.503 e. The summed E-state index contributed by atoms with van der Waals surface area (Å²) in [6, 6.07) is 0. The Kier molecular flexibility index (Phi) is 7.32. The maximum atomic E-state index is 11.5. The second-order valence-electron chi connectivity index (χ2n) is 3.08. The Balaban J connectivity index is 4.45. The normalized spacial score (nSPS) is 11.0. The lowest BCUT2D eigenvalue weighted by Crippen LogP contribution is -2.16. The van der Waals surface area contributed by atoms with E-state index in [1.807, 2.05) is 13.8 Å². The van der Waals surface area contributed by atoms with Crippen molar-refractivity contribution in [1.82, 2.24) is 0 Å². The Bertz CT molecular complexity index is 243. The van der Waals surface area contributed by atoms with Gasteiger partial charge in [0.2, 0.25) is 0 Å². The Hall–Kier alpha value is -1.32. The quantitative estimate of drug-likeness (QED) is 0.213. The summed E-state index contributed by atoms with van der Waals surface area (Å²) in [4.78, 5) is 22.9. The molecule has 0 amide bonds. The molecule has 0 aliphatic heterocycles. The second-order valence-corrected chi connectivity index (χ2v) is 3.08. The first-order valence-electron chi connectivity index (χ1n) is 5.10. The number of esters is 1. The van der Waals surface area contributed by atoms with Crippen molar-refractivity contribution in [3.63, 3.8) is 0 Å². The van der Waals surface area contributed by atoms with E-state index in [1.54, 1.807) is 0 Å². The van der Waals surface area contributed by atoms with Crippen molar-refractivity contribution in [2.24, 2.45) is 0 Å². The van der Waals surface area contributed by atoms with Gasteiger partial charge in [0.1, 0.15) is 11.8 Å². The van der Waals surface area contributed by atoms with E-state index in [9.17, 15) is 9.59 Å². The molecular formula is C11H18O4. The number of methoxy groups -OCH3 is 1. The smallest absolute Gasteiger partial charge is 0.344 e. The molecule has 0 radical (unpaired) electrons. The molecule has 4 heteroatoms. The van der Waals surface area contributed by atoms with E-state index in [2.05, 4.69) is 4.74 Å². The average molecular weight is 214 g/mol. The first kappa shape index (κ1) is 13.7. The van der Waals surface area contributed by atoms with Crippen LogP contribution in [0.1, 0.15) is 33.1 Å². The Labute approximate surface area is 90.2 Å². The summed E-state index contributed by atoms with van der Waals surface area (Å²) in [5.74, 6) is -0.836. The third kappa shape index (κ3) is 5.20. The molecule has 0 heterocycles. The number of Topliss-reactive ketones (excluding diaryl/α,β-unsaturated/α-hetero) is 1. The molecule has 15 heavy (non-hydrogen) atoms. The van der Waals surface area contributed by atoms with E-state index in [-0.39, 0.29) is 11.4 Å². The third-order valence-corrected chi connectivity index (χ3v) is 1.67. The van der Waals surface area contributed by atoms with E-state index in [0.717, 1.165) is 12.7 Å². The van der Waals surface area contributed by atoms with Gasteiger partial charge in [0, 0.05) is 6.42 Å². The van der Waals surface area contributed by atoms with Gasteiger partial charge in [-0.2, -0.15) is 0 Å². The summed E-state index contributed by atoms with van der Waals surface area (Å²) < 4.78 is 9.55. The van der Waals surface area contributed by atoms with Crippen molar-refractivity contribution in [3.05, 3.63) is 11.8 Å². The predicted octanol–water partition coefficient (Wildman–Crippen LogP) is 1.84. The SMILES string of the molecule is CCCOC(=O)/C(=C/OC)C(=O)CCC.